The number of aromatic amines is 1. The molecule has 220 valence electrons. The molecule has 2 aliphatic heterocycles. The average molecular weight is 581 g/mol. The number of hydrogen-bond acceptors (Lipinski definition) is 12. The van der Waals surface area contributed by atoms with Crippen molar-refractivity contribution in [2.75, 3.05) is 30.1 Å². The zero-order chi connectivity index (χ0) is 29.6. The largest absolute Gasteiger partial charge is 0.493 e. The number of H-pyrrole nitrogens is 1. The first kappa shape index (κ1) is 26.7. The summed E-state index contributed by atoms with van der Waals surface area (Å²) in [6.45, 7) is -1.02. The van der Waals surface area contributed by atoms with Crippen molar-refractivity contribution in [2.24, 2.45) is 0 Å². The molecule has 4 aliphatic rings. The minimum absolute atomic E-state index is 0.0244. The third-order valence-electron chi connectivity index (χ3n) is 8.48. The van der Waals surface area contributed by atoms with Gasteiger partial charge in [0.05, 0.1) is 47.4 Å². The predicted molar refractivity (Wildman–Crippen MR) is 148 cm³/mol. The normalized spacial score (nSPS) is 28.4. The van der Waals surface area contributed by atoms with Gasteiger partial charge >= 0.3 is 0 Å². The van der Waals surface area contributed by atoms with Gasteiger partial charge in [-0.2, -0.15) is 4.68 Å². The Morgan fingerprint density at radius 1 is 1.00 bits per heavy atom. The first-order valence-corrected chi connectivity index (χ1v) is 13.4. The van der Waals surface area contributed by atoms with Gasteiger partial charge in [-0.15, -0.1) is 0 Å². The minimum Gasteiger partial charge on any atom is -0.493 e. The zero-order valence-corrected chi connectivity index (χ0v) is 21.9. The fourth-order valence-electron chi connectivity index (χ4n) is 6.69. The van der Waals surface area contributed by atoms with Crippen molar-refractivity contribution in [2.45, 2.75) is 43.1 Å². The molecule has 2 aromatic heterocycles. The van der Waals surface area contributed by atoms with Crippen molar-refractivity contribution in [3.05, 3.63) is 47.2 Å². The van der Waals surface area contributed by atoms with Crippen LogP contribution in [0.25, 0.3) is 27.2 Å². The number of ketones is 2. The van der Waals surface area contributed by atoms with E-state index >= 15 is 0 Å². The second kappa shape index (κ2) is 9.42. The smallest absolute Gasteiger partial charge is 0.222 e. The maximum atomic E-state index is 13.5. The maximum absolute atomic E-state index is 13.5. The van der Waals surface area contributed by atoms with Gasteiger partial charge in [0.1, 0.15) is 30.5 Å². The number of benzene rings is 1. The van der Waals surface area contributed by atoms with Crippen molar-refractivity contribution in [1.29, 1.82) is 0 Å². The lowest BCUT2D eigenvalue weighted by Gasteiger charge is -2.46. The molecule has 7 rings (SSSR count). The number of aromatic hydroxyl groups is 2. The molecule has 6 unspecified atom stereocenters. The molecule has 14 nitrogen and oxygen atoms in total. The monoisotopic (exact) mass is 580 g/mol. The van der Waals surface area contributed by atoms with Gasteiger partial charge in [-0.1, -0.05) is 18.2 Å². The molecule has 0 amide bonds. The van der Waals surface area contributed by atoms with Crippen LogP contribution in [0.5, 0.6) is 11.8 Å². The quantitative estimate of drug-likeness (QED) is 0.175. The third kappa shape index (κ3) is 3.35. The first-order valence-electron chi connectivity index (χ1n) is 13.4. The van der Waals surface area contributed by atoms with E-state index in [1.54, 1.807) is 12.2 Å². The minimum atomic E-state index is -1.75. The van der Waals surface area contributed by atoms with Crippen LogP contribution in [0.4, 0.5) is 5.69 Å². The summed E-state index contributed by atoms with van der Waals surface area (Å²) in [6, 6.07) is -1.13. The Morgan fingerprint density at radius 2 is 1.76 bits per heavy atom. The number of aliphatic hydroxyl groups is 5. The van der Waals surface area contributed by atoms with E-state index in [1.807, 2.05) is 0 Å². The third-order valence-corrected chi connectivity index (χ3v) is 8.48. The number of aromatic nitrogens is 2. The van der Waals surface area contributed by atoms with Crippen LogP contribution >= 0.6 is 0 Å². The first-order chi connectivity index (χ1) is 20.2. The molecule has 1 aromatic carbocycles. The maximum Gasteiger partial charge on any atom is 0.222 e. The fourth-order valence-corrected chi connectivity index (χ4v) is 6.69. The van der Waals surface area contributed by atoms with Crippen LogP contribution in [0, 0.1) is 0 Å². The SMILES string of the molecule is O=C1C=CCc2c1[nH]c1c3c(c4c(O)n(NCCO)c(O)c4c21)C1=CC=CC(=O)C1N3C1OC(CO)C(O)C(O)C1O. The number of aliphatic hydroxyl groups excluding tert-OH is 5. The molecule has 9 N–H and O–H groups in total. The van der Waals surface area contributed by atoms with Crippen LogP contribution in [0.15, 0.2) is 30.4 Å². The van der Waals surface area contributed by atoms with Gasteiger partial charge in [0.25, 0.3) is 0 Å². The van der Waals surface area contributed by atoms with Crippen molar-refractivity contribution < 1.29 is 50.1 Å². The summed E-state index contributed by atoms with van der Waals surface area (Å²) >= 11 is 0. The van der Waals surface area contributed by atoms with E-state index in [0.717, 1.165) is 4.68 Å². The summed E-state index contributed by atoms with van der Waals surface area (Å²) in [4.78, 5) is 31.1. The fraction of sp³-hybridized carbons (Fsp3) is 0.357. The molecule has 0 spiro atoms. The average Bonchev–Trinajstić information content (AvgIpc) is 3.60. The number of hydrogen-bond donors (Lipinski definition) is 9. The Labute approximate surface area is 236 Å². The summed E-state index contributed by atoms with van der Waals surface area (Å²) < 4.78 is 6.93. The van der Waals surface area contributed by atoms with Gasteiger partial charge in [-0.25, -0.2) is 0 Å². The highest BCUT2D eigenvalue weighted by Crippen LogP contribution is 2.57. The number of rotatable bonds is 5. The molecule has 0 bridgehead atoms. The Bertz CT molecular complexity index is 1770. The van der Waals surface area contributed by atoms with Crippen LogP contribution in [0.2, 0.25) is 0 Å². The molecule has 0 radical (unpaired) electrons. The molecular weight excluding hydrogens is 552 g/mol. The number of carbonyl (C=O) groups excluding carboxylic acids is 2. The van der Waals surface area contributed by atoms with Crippen LogP contribution in [0.3, 0.4) is 0 Å². The van der Waals surface area contributed by atoms with E-state index in [9.17, 15) is 45.3 Å². The number of carbonyl (C=O) groups is 2. The summed E-state index contributed by atoms with van der Waals surface area (Å²) in [5.74, 6) is -1.58. The van der Waals surface area contributed by atoms with Gasteiger partial charge in [0, 0.05) is 10.9 Å². The van der Waals surface area contributed by atoms with Crippen molar-refractivity contribution in [3.8, 4) is 11.8 Å². The molecule has 14 heteroatoms. The van der Waals surface area contributed by atoms with Crippen LogP contribution < -0.4 is 10.3 Å². The van der Waals surface area contributed by atoms with Crippen LogP contribution in [0.1, 0.15) is 21.6 Å². The van der Waals surface area contributed by atoms with Crippen molar-refractivity contribution in [3.63, 3.8) is 0 Å². The highest BCUT2D eigenvalue weighted by Gasteiger charge is 2.53. The standard InChI is InChI=1S/C28H28N4O10/c33-8-7-29-32-26(40)17-15-10-3-1-5-12(35)19(10)30-20(15)22-16(18(17)27(32)41)11-4-2-6-13(36)21(11)31(22)28-25(39)24(38)23(37)14(9-34)42-28/h1-2,4-6,14,21,23-25,28-30,33-34,37-41H,3,7-9H2. The zero-order valence-electron chi connectivity index (χ0n) is 21.9. The van der Waals surface area contributed by atoms with E-state index in [4.69, 9.17) is 4.74 Å². The Balaban J connectivity index is 1.61. The Kier molecular flexibility index (Phi) is 5.99. The Hall–Kier alpha value is -4.18. The number of ether oxygens (including phenoxy) is 1. The molecule has 4 heterocycles. The van der Waals surface area contributed by atoms with E-state index in [0.29, 0.717) is 34.0 Å². The molecular formula is C28H28N4O10. The van der Waals surface area contributed by atoms with Crippen LogP contribution in [-0.2, 0) is 16.0 Å². The van der Waals surface area contributed by atoms with E-state index in [-0.39, 0.29) is 41.1 Å². The lowest BCUT2D eigenvalue weighted by molar-refractivity contribution is -0.229. The van der Waals surface area contributed by atoms with Gasteiger partial charge in [-0.3, -0.25) is 9.59 Å². The molecule has 6 atom stereocenters. The molecule has 1 saturated heterocycles. The van der Waals surface area contributed by atoms with Gasteiger partial charge < -0.3 is 55.8 Å². The number of anilines is 1. The van der Waals surface area contributed by atoms with Crippen molar-refractivity contribution in [1.82, 2.24) is 9.66 Å². The summed E-state index contributed by atoms with van der Waals surface area (Å²) in [5, 5.41) is 75.2. The van der Waals surface area contributed by atoms with E-state index in [2.05, 4.69) is 10.4 Å². The molecule has 3 aromatic rings. The van der Waals surface area contributed by atoms with E-state index < -0.39 is 60.8 Å². The van der Waals surface area contributed by atoms with Gasteiger partial charge in [0.15, 0.2) is 12.0 Å². The summed E-state index contributed by atoms with van der Waals surface area (Å²) in [5.41, 5.74) is 4.74. The highest BCUT2D eigenvalue weighted by atomic mass is 16.6. The topological polar surface area (TPSA) is 221 Å². The summed E-state index contributed by atoms with van der Waals surface area (Å²) in [7, 11) is 0. The number of allylic oxidation sites excluding steroid dienone is 4. The lowest BCUT2D eigenvalue weighted by atomic mass is 9.90. The molecule has 0 saturated carbocycles. The number of nitrogens with one attached hydrogen (secondary N) is 2. The molecule has 1 fully saturated rings. The van der Waals surface area contributed by atoms with Crippen molar-refractivity contribution >= 4 is 44.5 Å². The molecule has 42 heavy (non-hydrogen) atoms. The predicted octanol–water partition coefficient (Wildman–Crippen LogP) is -1.12. The second-order valence-corrected chi connectivity index (χ2v) is 10.7. The van der Waals surface area contributed by atoms with E-state index in [1.165, 1.54) is 23.1 Å². The molecule has 2 aliphatic carbocycles. The van der Waals surface area contributed by atoms with Gasteiger partial charge in [0.2, 0.25) is 17.5 Å². The lowest BCUT2D eigenvalue weighted by Crippen LogP contribution is -2.65. The second-order valence-electron chi connectivity index (χ2n) is 10.7. The van der Waals surface area contributed by atoms with Crippen LogP contribution in [-0.4, -0.2) is 113 Å². The summed E-state index contributed by atoms with van der Waals surface area (Å²) in [6.07, 6.45) is -0.00244. The Morgan fingerprint density at radius 3 is 2.50 bits per heavy atom. The number of fused-ring (bicyclic) bond motifs is 10. The number of nitrogens with zero attached hydrogens (tertiary/aromatic N) is 2. The van der Waals surface area contributed by atoms with Gasteiger partial charge in [-0.05, 0) is 29.7 Å². The highest BCUT2D eigenvalue weighted by molar-refractivity contribution is 6.29.